The minimum Gasteiger partial charge on any atom is -0.308 e. The number of halogens is 2. The maximum absolute atomic E-state index is 5.94. The topological polar surface area (TPSA) is 35.6 Å². The molecule has 0 aliphatic heterocycles. The summed E-state index contributed by atoms with van der Waals surface area (Å²) in [6.07, 6.45) is 1.66. The highest BCUT2D eigenvalue weighted by molar-refractivity contribution is 9.11. The number of thiophene rings is 1. The molecule has 0 bridgehead atoms. The van der Waals surface area contributed by atoms with Gasteiger partial charge in [-0.2, -0.15) is 5.10 Å². The number of nitrogens with zero attached hydrogens (tertiary/aromatic N) is 4. The molecule has 0 atom stereocenters. The minimum atomic E-state index is 0.576. The molecule has 0 unspecified atom stereocenters. The molecule has 0 spiro atoms. The molecule has 3 aromatic rings. The van der Waals surface area contributed by atoms with Crippen molar-refractivity contribution in [3.63, 3.8) is 0 Å². The van der Waals surface area contributed by atoms with E-state index in [1.807, 2.05) is 11.7 Å². The lowest BCUT2D eigenvalue weighted by Crippen LogP contribution is -2.08. The van der Waals surface area contributed by atoms with Gasteiger partial charge in [0, 0.05) is 24.2 Å². The Labute approximate surface area is 140 Å². The van der Waals surface area contributed by atoms with Gasteiger partial charge in [0.05, 0.1) is 16.0 Å². The second-order valence-corrected chi connectivity index (χ2v) is 7.78. The van der Waals surface area contributed by atoms with Crippen molar-refractivity contribution in [1.29, 1.82) is 0 Å². The summed E-state index contributed by atoms with van der Waals surface area (Å²) in [7, 11) is 1.98. The molecular weight excluding hydrogens is 372 g/mol. The average molecular weight is 388 g/mol. The van der Waals surface area contributed by atoms with Gasteiger partial charge in [0.2, 0.25) is 0 Å². The van der Waals surface area contributed by atoms with Gasteiger partial charge in [-0.3, -0.25) is 4.68 Å². The Morgan fingerprint density at radius 2 is 2.19 bits per heavy atom. The van der Waals surface area contributed by atoms with E-state index in [1.165, 1.54) is 4.88 Å². The number of alkyl halides is 1. The molecule has 0 N–H and O–H groups in total. The first kappa shape index (κ1) is 15.1. The van der Waals surface area contributed by atoms with E-state index < -0.39 is 0 Å². The quantitative estimate of drug-likeness (QED) is 0.621. The molecule has 112 valence electrons. The normalized spacial score (nSPS) is 11.6. The molecule has 0 radical (unpaired) electrons. The van der Waals surface area contributed by atoms with E-state index in [4.69, 9.17) is 16.6 Å². The van der Waals surface area contributed by atoms with Crippen LogP contribution in [0.15, 0.2) is 15.9 Å². The number of hydrogen-bond acceptors (Lipinski definition) is 3. The van der Waals surface area contributed by atoms with Crippen LogP contribution in [0.5, 0.6) is 0 Å². The zero-order valence-electron chi connectivity index (χ0n) is 11.9. The molecule has 3 aromatic heterocycles. The Balaban J connectivity index is 2.13. The highest BCUT2D eigenvalue weighted by Gasteiger charge is 2.18. The summed E-state index contributed by atoms with van der Waals surface area (Å²) in [4.78, 5) is 6.07. The molecular formula is C14H16BrClN4S. The zero-order valence-corrected chi connectivity index (χ0v) is 15.1. The lowest BCUT2D eigenvalue weighted by Gasteiger charge is -2.07. The van der Waals surface area contributed by atoms with Crippen LogP contribution in [0, 0.1) is 0 Å². The second-order valence-electron chi connectivity index (χ2n) is 4.86. The van der Waals surface area contributed by atoms with Gasteiger partial charge in [-0.25, -0.2) is 4.98 Å². The number of fused-ring (bicyclic) bond motifs is 1. The van der Waals surface area contributed by atoms with Crippen molar-refractivity contribution in [2.75, 3.05) is 5.88 Å². The molecule has 0 aliphatic rings. The zero-order chi connectivity index (χ0) is 15.0. The highest BCUT2D eigenvalue weighted by atomic mass is 79.9. The van der Waals surface area contributed by atoms with Crippen LogP contribution in [0.4, 0.5) is 0 Å². The van der Waals surface area contributed by atoms with Crippen molar-refractivity contribution in [3.8, 4) is 0 Å². The number of aromatic nitrogens is 4. The summed E-state index contributed by atoms with van der Waals surface area (Å²) >= 11 is 11.2. The SMILES string of the molecule is CCc1nn(C)c2c1nc(CCCl)n2Cc1ccc(Br)s1. The Morgan fingerprint density at radius 3 is 2.81 bits per heavy atom. The number of aryl methyl sites for hydroxylation is 3. The van der Waals surface area contributed by atoms with Crippen molar-refractivity contribution in [2.45, 2.75) is 26.3 Å². The van der Waals surface area contributed by atoms with E-state index in [-0.39, 0.29) is 0 Å². The van der Waals surface area contributed by atoms with Crippen molar-refractivity contribution in [2.24, 2.45) is 7.05 Å². The van der Waals surface area contributed by atoms with Crippen LogP contribution in [-0.4, -0.2) is 25.2 Å². The van der Waals surface area contributed by atoms with Crippen LogP contribution < -0.4 is 0 Å². The van der Waals surface area contributed by atoms with Crippen molar-refractivity contribution in [3.05, 3.63) is 32.3 Å². The van der Waals surface area contributed by atoms with E-state index in [0.717, 1.165) is 45.9 Å². The van der Waals surface area contributed by atoms with Gasteiger partial charge in [-0.05, 0) is 34.5 Å². The molecule has 21 heavy (non-hydrogen) atoms. The van der Waals surface area contributed by atoms with Crippen LogP contribution in [-0.2, 0) is 26.4 Å². The first-order valence-electron chi connectivity index (χ1n) is 6.85. The van der Waals surface area contributed by atoms with Gasteiger partial charge >= 0.3 is 0 Å². The molecule has 3 rings (SSSR count). The van der Waals surface area contributed by atoms with Gasteiger partial charge in [0.1, 0.15) is 11.3 Å². The minimum absolute atomic E-state index is 0.576. The van der Waals surface area contributed by atoms with Crippen molar-refractivity contribution < 1.29 is 0 Å². The van der Waals surface area contributed by atoms with E-state index >= 15 is 0 Å². The van der Waals surface area contributed by atoms with E-state index in [1.54, 1.807) is 11.3 Å². The fourth-order valence-corrected chi connectivity index (χ4v) is 4.20. The van der Waals surface area contributed by atoms with Gasteiger partial charge in [-0.1, -0.05) is 6.92 Å². The Morgan fingerprint density at radius 1 is 1.38 bits per heavy atom. The summed E-state index contributed by atoms with van der Waals surface area (Å²) in [5.41, 5.74) is 3.14. The Hall–Kier alpha value is -0.850. The second kappa shape index (κ2) is 6.10. The standard InChI is InChI=1S/C14H16BrClN4S/c1-3-10-13-14(19(2)18-10)20(12(17-13)6-7-16)8-9-4-5-11(15)21-9/h4-5H,3,6-8H2,1-2H3. The fraction of sp³-hybridized carbons (Fsp3) is 0.429. The Bertz CT molecular complexity index is 773. The molecule has 0 saturated heterocycles. The maximum Gasteiger partial charge on any atom is 0.159 e. The third kappa shape index (κ3) is 2.76. The molecule has 0 amide bonds. The first-order chi connectivity index (χ1) is 10.1. The monoisotopic (exact) mass is 386 g/mol. The van der Waals surface area contributed by atoms with Crippen LogP contribution in [0.25, 0.3) is 11.2 Å². The first-order valence-corrected chi connectivity index (χ1v) is 8.99. The molecule has 4 nitrogen and oxygen atoms in total. The van der Waals surface area contributed by atoms with Crippen LogP contribution in [0.1, 0.15) is 23.3 Å². The summed E-state index contributed by atoms with van der Waals surface area (Å²) in [5, 5.41) is 4.57. The van der Waals surface area contributed by atoms with Gasteiger partial charge in [-0.15, -0.1) is 22.9 Å². The predicted molar refractivity (Wildman–Crippen MR) is 91.4 cm³/mol. The number of imidazole rings is 1. The van der Waals surface area contributed by atoms with Gasteiger partial charge in [0.25, 0.3) is 0 Å². The smallest absolute Gasteiger partial charge is 0.159 e. The molecule has 0 fully saturated rings. The summed E-state index contributed by atoms with van der Waals surface area (Å²) < 4.78 is 5.32. The third-order valence-electron chi connectivity index (χ3n) is 3.47. The predicted octanol–water partition coefficient (Wildman–Crippen LogP) is 3.99. The maximum atomic E-state index is 5.94. The number of hydrogen-bond donors (Lipinski definition) is 0. The van der Waals surface area contributed by atoms with Crippen LogP contribution >= 0.6 is 38.9 Å². The summed E-state index contributed by atoms with van der Waals surface area (Å²) in [6, 6.07) is 4.22. The van der Waals surface area contributed by atoms with E-state index in [2.05, 4.69) is 44.7 Å². The van der Waals surface area contributed by atoms with Gasteiger partial charge < -0.3 is 4.57 Å². The molecule has 0 saturated carbocycles. The Kier molecular flexibility index (Phi) is 4.38. The van der Waals surface area contributed by atoms with Crippen molar-refractivity contribution in [1.82, 2.24) is 19.3 Å². The average Bonchev–Trinajstić information content (AvgIpc) is 3.09. The lowest BCUT2D eigenvalue weighted by atomic mass is 10.3. The largest absolute Gasteiger partial charge is 0.308 e. The summed E-state index contributed by atoms with van der Waals surface area (Å²) in [5.74, 6) is 1.61. The van der Waals surface area contributed by atoms with Gasteiger partial charge in [0.15, 0.2) is 5.65 Å². The summed E-state index contributed by atoms with van der Waals surface area (Å²) in [6.45, 7) is 2.92. The highest BCUT2D eigenvalue weighted by Crippen LogP contribution is 2.26. The third-order valence-corrected chi connectivity index (χ3v) is 5.26. The molecule has 3 heterocycles. The molecule has 7 heteroatoms. The van der Waals surface area contributed by atoms with E-state index in [9.17, 15) is 0 Å². The molecule has 0 aromatic carbocycles. The number of rotatable bonds is 5. The molecule has 0 aliphatic carbocycles. The lowest BCUT2D eigenvalue weighted by molar-refractivity contribution is 0.692. The van der Waals surface area contributed by atoms with Crippen LogP contribution in [0.3, 0.4) is 0 Å². The van der Waals surface area contributed by atoms with Crippen LogP contribution in [0.2, 0.25) is 0 Å². The van der Waals surface area contributed by atoms with Crippen molar-refractivity contribution >= 4 is 50.0 Å². The fourth-order valence-electron chi connectivity index (χ4n) is 2.56. The van der Waals surface area contributed by atoms with E-state index in [0.29, 0.717) is 5.88 Å².